The second-order valence-electron chi connectivity index (χ2n) is 5.83. The number of hydrogen-bond acceptors (Lipinski definition) is 6. The van der Waals surface area contributed by atoms with Gasteiger partial charge in [-0.05, 0) is 35.6 Å². The lowest BCUT2D eigenvalue weighted by atomic mass is 10.1. The summed E-state index contributed by atoms with van der Waals surface area (Å²) in [5.74, 6) is 0.323. The molecule has 1 N–H and O–H groups in total. The highest BCUT2D eigenvalue weighted by atomic mass is 32.1. The van der Waals surface area contributed by atoms with Crippen molar-refractivity contribution < 1.29 is 4.39 Å². The van der Waals surface area contributed by atoms with Crippen molar-refractivity contribution >= 4 is 17.3 Å². The summed E-state index contributed by atoms with van der Waals surface area (Å²) in [6.45, 7) is 0.653. The summed E-state index contributed by atoms with van der Waals surface area (Å²) in [6.07, 6.45) is 7.52. The second-order valence-corrected chi connectivity index (χ2v) is 6.77. The summed E-state index contributed by atoms with van der Waals surface area (Å²) in [7, 11) is 0. The van der Waals surface area contributed by atoms with E-state index in [1.165, 1.54) is 12.1 Å². The highest BCUT2D eigenvalue weighted by Crippen LogP contribution is 2.32. The van der Waals surface area contributed by atoms with Gasteiger partial charge in [0.05, 0.1) is 22.5 Å². The molecule has 3 heterocycles. The van der Waals surface area contributed by atoms with Crippen LogP contribution in [0.1, 0.15) is 5.56 Å². The number of anilines is 1. The van der Waals surface area contributed by atoms with E-state index < -0.39 is 0 Å². The summed E-state index contributed by atoms with van der Waals surface area (Å²) in [5.41, 5.74) is 3.46. The van der Waals surface area contributed by atoms with Crippen LogP contribution in [-0.4, -0.2) is 26.5 Å². The van der Waals surface area contributed by atoms with E-state index in [0.29, 0.717) is 12.5 Å². The van der Waals surface area contributed by atoms with Crippen molar-refractivity contribution in [2.45, 2.75) is 6.42 Å². The Hall–Kier alpha value is -3.19. The van der Waals surface area contributed by atoms with Gasteiger partial charge in [0.1, 0.15) is 5.82 Å². The van der Waals surface area contributed by atoms with Crippen LogP contribution < -0.4 is 5.32 Å². The largest absolute Gasteiger partial charge is 0.354 e. The molecule has 0 amide bonds. The van der Waals surface area contributed by atoms with Crippen LogP contribution in [0.2, 0.25) is 0 Å². The molecule has 0 aliphatic heterocycles. The third kappa shape index (κ3) is 4.15. The molecule has 0 spiro atoms. The molecule has 0 saturated heterocycles. The minimum Gasteiger partial charge on any atom is -0.354 e. The Morgan fingerprint density at radius 3 is 2.63 bits per heavy atom. The van der Waals surface area contributed by atoms with Crippen molar-refractivity contribution in [1.82, 2.24) is 19.9 Å². The minimum atomic E-state index is -0.227. The summed E-state index contributed by atoms with van der Waals surface area (Å²) >= 11 is 1.61. The van der Waals surface area contributed by atoms with Gasteiger partial charge >= 0.3 is 0 Å². The van der Waals surface area contributed by atoms with Crippen LogP contribution in [0.25, 0.3) is 21.8 Å². The number of halogens is 1. The summed E-state index contributed by atoms with van der Waals surface area (Å²) < 4.78 is 13.0. The number of nitrogens with zero attached hydrogens (tertiary/aromatic N) is 4. The average Bonchev–Trinajstić information content (AvgIpc) is 3.25. The van der Waals surface area contributed by atoms with E-state index in [4.69, 9.17) is 4.98 Å². The Morgan fingerprint density at radius 2 is 1.89 bits per heavy atom. The fourth-order valence-corrected chi connectivity index (χ4v) is 3.39. The highest BCUT2D eigenvalue weighted by Gasteiger charge is 2.13. The molecule has 0 aliphatic carbocycles. The smallest absolute Gasteiger partial charge is 0.223 e. The lowest BCUT2D eigenvalue weighted by Crippen LogP contribution is -2.09. The number of nitrogens with one attached hydrogen (secondary N) is 1. The standard InChI is InChI=1S/C20H16FN5S/c21-15-5-3-14(4-6-15)7-8-24-20-25-12-16(17-13-22-9-10-23-17)19(26-20)18-2-1-11-27-18/h1-6,9-13H,7-8H2,(H,24,25,26). The summed E-state index contributed by atoms with van der Waals surface area (Å²) in [5, 5.41) is 5.25. The molecule has 0 bridgehead atoms. The predicted octanol–water partition coefficient (Wildman–Crippen LogP) is 4.46. The molecule has 7 heteroatoms. The molecule has 27 heavy (non-hydrogen) atoms. The number of hydrogen-bond donors (Lipinski definition) is 1. The van der Waals surface area contributed by atoms with Crippen LogP contribution in [0.15, 0.2) is 66.6 Å². The van der Waals surface area contributed by atoms with Crippen LogP contribution in [-0.2, 0) is 6.42 Å². The van der Waals surface area contributed by atoms with Gasteiger partial charge < -0.3 is 5.32 Å². The fourth-order valence-electron chi connectivity index (χ4n) is 2.66. The van der Waals surface area contributed by atoms with E-state index >= 15 is 0 Å². The minimum absolute atomic E-state index is 0.227. The van der Waals surface area contributed by atoms with E-state index in [-0.39, 0.29) is 5.82 Å². The Labute approximate surface area is 160 Å². The lowest BCUT2D eigenvalue weighted by molar-refractivity contribution is 0.627. The number of rotatable bonds is 6. The number of thiophene rings is 1. The first-order valence-corrected chi connectivity index (χ1v) is 9.33. The number of benzene rings is 1. The first-order chi connectivity index (χ1) is 13.3. The number of aromatic nitrogens is 4. The maximum atomic E-state index is 13.0. The van der Waals surface area contributed by atoms with Gasteiger partial charge in [-0.15, -0.1) is 11.3 Å². The van der Waals surface area contributed by atoms with E-state index in [1.807, 2.05) is 17.5 Å². The maximum Gasteiger partial charge on any atom is 0.223 e. The zero-order valence-corrected chi connectivity index (χ0v) is 15.2. The molecule has 0 fully saturated rings. The van der Waals surface area contributed by atoms with Crippen molar-refractivity contribution in [2.24, 2.45) is 0 Å². The monoisotopic (exact) mass is 377 g/mol. The zero-order valence-electron chi connectivity index (χ0n) is 14.3. The van der Waals surface area contributed by atoms with Crippen molar-refractivity contribution in [3.05, 3.63) is 77.9 Å². The predicted molar refractivity (Wildman–Crippen MR) is 105 cm³/mol. The Morgan fingerprint density at radius 1 is 1.00 bits per heavy atom. The van der Waals surface area contributed by atoms with Gasteiger partial charge in [-0.3, -0.25) is 9.97 Å². The van der Waals surface area contributed by atoms with E-state index in [1.54, 1.807) is 48.3 Å². The van der Waals surface area contributed by atoms with Crippen molar-refractivity contribution in [1.29, 1.82) is 0 Å². The summed E-state index contributed by atoms with van der Waals surface area (Å²) in [6, 6.07) is 10.5. The normalized spacial score (nSPS) is 10.7. The van der Waals surface area contributed by atoms with Gasteiger partial charge in [0.15, 0.2) is 0 Å². The average molecular weight is 377 g/mol. The van der Waals surface area contributed by atoms with Crippen LogP contribution in [0, 0.1) is 5.82 Å². The van der Waals surface area contributed by atoms with Gasteiger partial charge in [0, 0.05) is 30.7 Å². The van der Waals surface area contributed by atoms with Gasteiger partial charge in [0.2, 0.25) is 5.95 Å². The molecule has 0 radical (unpaired) electrons. The highest BCUT2D eigenvalue weighted by molar-refractivity contribution is 7.13. The molecule has 134 valence electrons. The van der Waals surface area contributed by atoms with E-state index in [0.717, 1.165) is 33.8 Å². The third-order valence-electron chi connectivity index (χ3n) is 3.99. The van der Waals surface area contributed by atoms with E-state index in [2.05, 4.69) is 20.3 Å². The van der Waals surface area contributed by atoms with Crippen molar-refractivity contribution in [2.75, 3.05) is 11.9 Å². The topological polar surface area (TPSA) is 63.6 Å². The summed E-state index contributed by atoms with van der Waals surface area (Å²) in [4.78, 5) is 18.7. The molecule has 4 aromatic rings. The Kier molecular flexibility index (Phi) is 5.11. The molecular weight excluding hydrogens is 361 g/mol. The van der Waals surface area contributed by atoms with E-state index in [9.17, 15) is 4.39 Å². The van der Waals surface area contributed by atoms with Crippen molar-refractivity contribution in [3.8, 4) is 21.8 Å². The Bertz CT molecular complexity index is 1000. The quantitative estimate of drug-likeness (QED) is 0.538. The van der Waals surface area contributed by atoms with Gasteiger partial charge in [-0.1, -0.05) is 18.2 Å². The molecule has 1 aromatic carbocycles. The molecule has 4 rings (SSSR count). The fraction of sp³-hybridized carbons (Fsp3) is 0.100. The molecule has 0 atom stereocenters. The molecule has 3 aromatic heterocycles. The van der Waals surface area contributed by atoms with Crippen LogP contribution in [0.5, 0.6) is 0 Å². The lowest BCUT2D eigenvalue weighted by Gasteiger charge is -2.10. The van der Waals surface area contributed by atoms with Crippen LogP contribution >= 0.6 is 11.3 Å². The molecular formula is C20H16FN5S. The first kappa shape index (κ1) is 17.2. The van der Waals surface area contributed by atoms with Crippen molar-refractivity contribution in [3.63, 3.8) is 0 Å². The zero-order chi connectivity index (χ0) is 18.5. The second kappa shape index (κ2) is 8.01. The SMILES string of the molecule is Fc1ccc(CCNc2ncc(-c3cnccn3)c(-c3cccs3)n2)cc1. The Balaban J connectivity index is 1.55. The maximum absolute atomic E-state index is 13.0. The van der Waals surface area contributed by atoms with Gasteiger partial charge in [-0.25, -0.2) is 14.4 Å². The molecule has 0 aliphatic rings. The van der Waals surface area contributed by atoms with Crippen LogP contribution in [0.3, 0.4) is 0 Å². The third-order valence-corrected chi connectivity index (χ3v) is 4.87. The van der Waals surface area contributed by atoms with Crippen LogP contribution in [0.4, 0.5) is 10.3 Å². The molecule has 5 nitrogen and oxygen atoms in total. The molecule has 0 unspecified atom stereocenters. The first-order valence-electron chi connectivity index (χ1n) is 8.45. The van der Waals surface area contributed by atoms with Gasteiger partial charge in [-0.2, -0.15) is 0 Å². The van der Waals surface area contributed by atoms with Gasteiger partial charge in [0.25, 0.3) is 0 Å². The molecule has 0 saturated carbocycles.